The van der Waals surface area contributed by atoms with E-state index in [-0.39, 0.29) is 17.7 Å². The van der Waals surface area contributed by atoms with E-state index in [0.29, 0.717) is 6.42 Å². The highest BCUT2D eigenvalue weighted by atomic mass is 32.1. The lowest BCUT2D eigenvalue weighted by Gasteiger charge is -2.29. The second-order valence-electron chi connectivity index (χ2n) is 7.96. The van der Waals surface area contributed by atoms with E-state index in [1.54, 1.807) is 18.4 Å². The molecule has 1 aliphatic carbocycles. The van der Waals surface area contributed by atoms with Crippen molar-refractivity contribution in [2.45, 2.75) is 31.7 Å². The lowest BCUT2D eigenvalue weighted by atomic mass is 9.79. The molecule has 0 saturated heterocycles. The molecular weight excluding hydrogens is 392 g/mol. The average molecular weight is 417 g/mol. The van der Waals surface area contributed by atoms with Crippen LogP contribution >= 0.6 is 11.3 Å². The molecule has 0 fully saturated rings. The number of aryl methyl sites for hydroxylation is 1. The zero-order valence-corrected chi connectivity index (χ0v) is 17.9. The van der Waals surface area contributed by atoms with E-state index >= 15 is 0 Å². The Bertz CT molecular complexity index is 1120. The Hall–Kier alpha value is -3.05. The van der Waals surface area contributed by atoms with Crippen LogP contribution in [0.3, 0.4) is 0 Å². The molecule has 2 N–H and O–H groups in total. The number of methoxy groups -OCH3 is 1. The van der Waals surface area contributed by atoms with Crippen molar-refractivity contribution in [2.24, 2.45) is 0 Å². The number of rotatable bonds is 3. The van der Waals surface area contributed by atoms with E-state index in [1.807, 2.05) is 18.2 Å². The Labute approximate surface area is 180 Å². The minimum absolute atomic E-state index is 0.125. The second kappa shape index (κ2) is 7.65. The Morgan fingerprint density at radius 3 is 2.60 bits per heavy atom. The number of carbonyl (C=O) groups excluding carboxylic acids is 1. The number of benzene rings is 2. The van der Waals surface area contributed by atoms with Crippen LogP contribution in [0.1, 0.15) is 40.8 Å². The molecule has 2 atom stereocenters. The third kappa shape index (κ3) is 3.39. The van der Waals surface area contributed by atoms with Crippen molar-refractivity contribution in [3.05, 3.63) is 87.3 Å². The molecule has 4 nitrogen and oxygen atoms in total. The van der Waals surface area contributed by atoms with Crippen LogP contribution < -0.4 is 15.4 Å². The molecule has 3 aromatic rings. The first-order valence-electron chi connectivity index (χ1n) is 10.2. The van der Waals surface area contributed by atoms with Gasteiger partial charge in [0.25, 0.3) is 0 Å². The molecule has 0 unspecified atom stereocenters. The maximum absolute atomic E-state index is 13.5. The van der Waals surface area contributed by atoms with Crippen LogP contribution in [0.4, 0.5) is 11.4 Å². The Balaban J connectivity index is 1.57. The Morgan fingerprint density at radius 1 is 1.03 bits per heavy atom. The van der Waals surface area contributed by atoms with Crippen molar-refractivity contribution in [1.29, 1.82) is 0 Å². The standard InChI is InChI=1S/C25H24N2O2S/c1-15-5-10-19-20(12-15)27-25(23-4-3-11-30-23)24-21(26-19)13-17(14-22(24)28)16-6-8-18(29-2)9-7-16/h3-12,17,25-27H,13-14H2,1-2H3/t17-,25+/m0/s1. The summed E-state index contributed by atoms with van der Waals surface area (Å²) in [4.78, 5) is 14.6. The van der Waals surface area contributed by atoms with E-state index in [4.69, 9.17) is 4.74 Å². The van der Waals surface area contributed by atoms with Crippen LogP contribution in [-0.4, -0.2) is 12.9 Å². The van der Waals surface area contributed by atoms with Gasteiger partial charge >= 0.3 is 0 Å². The molecule has 0 bridgehead atoms. The number of allylic oxidation sites excluding steroid dienone is 1. The normalized spacial score (nSPS) is 20.5. The van der Waals surface area contributed by atoms with Gasteiger partial charge in [-0.05, 0) is 66.1 Å². The molecule has 0 radical (unpaired) electrons. The van der Waals surface area contributed by atoms with Crippen molar-refractivity contribution in [3.63, 3.8) is 0 Å². The molecule has 0 spiro atoms. The fourth-order valence-corrected chi connectivity index (χ4v) is 5.23. The third-order valence-electron chi connectivity index (χ3n) is 5.97. The van der Waals surface area contributed by atoms with E-state index in [9.17, 15) is 4.79 Å². The lowest BCUT2D eigenvalue weighted by molar-refractivity contribution is -0.116. The van der Waals surface area contributed by atoms with E-state index in [1.165, 1.54) is 11.1 Å². The Kier molecular flexibility index (Phi) is 4.83. The quantitative estimate of drug-likeness (QED) is 0.546. The zero-order chi connectivity index (χ0) is 20.7. The number of fused-ring (bicyclic) bond motifs is 1. The summed E-state index contributed by atoms with van der Waals surface area (Å²) in [5.74, 6) is 1.20. The van der Waals surface area contributed by atoms with Crippen molar-refractivity contribution in [1.82, 2.24) is 0 Å². The number of thiophene rings is 1. The highest BCUT2D eigenvalue weighted by Gasteiger charge is 2.36. The van der Waals surface area contributed by atoms with Gasteiger partial charge in [-0.2, -0.15) is 0 Å². The van der Waals surface area contributed by atoms with Gasteiger partial charge in [-0.25, -0.2) is 0 Å². The molecule has 0 amide bonds. The predicted octanol–water partition coefficient (Wildman–Crippen LogP) is 6.04. The van der Waals surface area contributed by atoms with Gasteiger partial charge < -0.3 is 15.4 Å². The molecular formula is C25H24N2O2S. The fraction of sp³-hybridized carbons (Fsp3) is 0.240. The maximum atomic E-state index is 13.5. The average Bonchev–Trinajstić information content (AvgIpc) is 3.23. The topological polar surface area (TPSA) is 50.4 Å². The van der Waals surface area contributed by atoms with Crippen LogP contribution in [0.5, 0.6) is 5.75 Å². The number of ether oxygens (including phenoxy) is 1. The highest BCUT2D eigenvalue weighted by Crippen LogP contribution is 2.45. The SMILES string of the molecule is COc1ccc([C@@H]2CC(=O)C3=C(C2)Nc2ccc(C)cc2N[C@@H]3c2cccs2)cc1. The predicted molar refractivity (Wildman–Crippen MR) is 122 cm³/mol. The summed E-state index contributed by atoms with van der Waals surface area (Å²) in [5.41, 5.74) is 6.32. The minimum Gasteiger partial charge on any atom is -0.497 e. The third-order valence-corrected chi connectivity index (χ3v) is 6.91. The monoisotopic (exact) mass is 416 g/mol. The first kappa shape index (κ1) is 18.9. The number of nitrogens with one attached hydrogen (secondary N) is 2. The van der Waals surface area contributed by atoms with Crippen LogP contribution in [0.25, 0.3) is 0 Å². The van der Waals surface area contributed by atoms with E-state index < -0.39 is 0 Å². The smallest absolute Gasteiger partial charge is 0.163 e. The molecule has 1 aromatic heterocycles. The van der Waals surface area contributed by atoms with Crippen LogP contribution in [0.2, 0.25) is 0 Å². The molecule has 1 aliphatic heterocycles. The van der Waals surface area contributed by atoms with Gasteiger partial charge in [-0.3, -0.25) is 4.79 Å². The maximum Gasteiger partial charge on any atom is 0.163 e. The summed E-state index contributed by atoms with van der Waals surface area (Å²) in [5, 5.41) is 9.33. The number of anilines is 2. The molecule has 0 saturated carbocycles. The van der Waals surface area contributed by atoms with Crippen molar-refractivity contribution >= 4 is 28.5 Å². The van der Waals surface area contributed by atoms with Gasteiger partial charge in [0.1, 0.15) is 5.75 Å². The summed E-state index contributed by atoms with van der Waals surface area (Å²) in [6, 6.07) is 18.5. The second-order valence-corrected chi connectivity index (χ2v) is 8.94. The molecule has 5 heteroatoms. The molecule has 5 rings (SSSR count). The van der Waals surface area contributed by atoms with Gasteiger partial charge in [0.15, 0.2) is 5.78 Å². The number of ketones is 1. The van der Waals surface area contributed by atoms with Gasteiger partial charge in [-0.1, -0.05) is 24.3 Å². The van der Waals surface area contributed by atoms with Crippen molar-refractivity contribution in [3.8, 4) is 5.75 Å². The van der Waals surface area contributed by atoms with Crippen LogP contribution in [-0.2, 0) is 4.79 Å². The zero-order valence-electron chi connectivity index (χ0n) is 17.1. The summed E-state index contributed by atoms with van der Waals surface area (Å²) in [7, 11) is 1.67. The summed E-state index contributed by atoms with van der Waals surface area (Å²) in [6.45, 7) is 2.09. The Morgan fingerprint density at radius 2 is 1.87 bits per heavy atom. The molecule has 152 valence electrons. The van der Waals surface area contributed by atoms with E-state index in [2.05, 4.69) is 59.3 Å². The van der Waals surface area contributed by atoms with Gasteiger partial charge in [0, 0.05) is 22.6 Å². The first-order chi connectivity index (χ1) is 14.6. The first-order valence-corrected chi connectivity index (χ1v) is 11.1. The highest BCUT2D eigenvalue weighted by molar-refractivity contribution is 7.10. The lowest BCUT2D eigenvalue weighted by Crippen LogP contribution is -2.26. The van der Waals surface area contributed by atoms with Gasteiger partial charge in [0.2, 0.25) is 0 Å². The largest absolute Gasteiger partial charge is 0.497 e. The molecule has 2 heterocycles. The van der Waals surface area contributed by atoms with Crippen LogP contribution in [0, 0.1) is 6.92 Å². The fourth-order valence-electron chi connectivity index (χ4n) is 4.44. The summed E-state index contributed by atoms with van der Waals surface area (Å²) in [6.07, 6.45) is 1.33. The van der Waals surface area contributed by atoms with Crippen molar-refractivity contribution < 1.29 is 9.53 Å². The number of hydrogen-bond donors (Lipinski definition) is 2. The number of carbonyl (C=O) groups is 1. The minimum atomic E-state index is -0.125. The number of Topliss-reactive ketones (excluding diaryl/α,β-unsaturated/α-hetero) is 1. The number of hydrogen-bond acceptors (Lipinski definition) is 5. The van der Waals surface area contributed by atoms with Gasteiger partial charge in [-0.15, -0.1) is 11.3 Å². The summed E-state index contributed by atoms with van der Waals surface area (Å²) >= 11 is 1.69. The van der Waals surface area contributed by atoms with Gasteiger partial charge in [0.05, 0.1) is 24.5 Å². The van der Waals surface area contributed by atoms with Crippen molar-refractivity contribution in [2.75, 3.05) is 17.7 Å². The molecule has 2 aromatic carbocycles. The van der Waals surface area contributed by atoms with E-state index in [0.717, 1.165) is 39.7 Å². The molecule has 2 aliphatic rings. The van der Waals surface area contributed by atoms with Crippen LogP contribution in [0.15, 0.2) is 71.2 Å². The molecule has 30 heavy (non-hydrogen) atoms. The summed E-state index contributed by atoms with van der Waals surface area (Å²) < 4.78 is 5.29.